The predicted molar refractivity (Wildman–Crippen MR) is 95.9 cm³/mol. The molecule has 3 fully saturated rings. The van der Waals surface area contributed by atoms with Gasteiger partial charge in [-0.05, 0) is 50.8 Å². The lowest BCUT2D eigenvalue weighted by molar-refractivity contribution is -0.138. The summed E-state index contributed by atoms with van der Waals surface area (Å²) in [6.45, 7) is 6.54. The topological polar surface area (TPSA) is 45.7 Å². The van der Waals surface area contributed by atoms with Crippen molar-refractivity contribution >= 4 is 5.91 Å². The normalized spacial score (nSPS) is 28.6. The molecule has 0 bridgehead atoms. The number of carbonyl (C=O) groups excluding carboxylic acids is 1. The minimum Gasteiger partial charge on any atom is -0.381 e. The molecule has 1 aromatic rings. The van der Waals surface area contributed by atoms with Gasteiger partial charge in [0.15, 0.2) is 0 Å². The molecule has 0 aromatic carbocycles. The van der Waals surface area contributed by atoms with Gasteiger partial charge in [-0.2, -0.15) is 0 Å². The van der Waals surface area contributed by atoms with E-state index in [9.17, 15) is 4.79 Å². The first kappa shape index (κ1) is 17.0. The average molecular weight is 343 g/mol. The first-order valence-electron chi connectivity index (χ1n) is 9.73. The average Bonchev–Trinajstić information content (AvgIpc) is 3.06. The van der Waals surface area contributed by atoms with E-state index in [1.807, 2.05) is 12.3 Å². The van der Waals surface area contributed by atoms with Crippen LogP contribution in [-0.4, -0.2) is 60.1 Å². The van der Waals surface area contributed by atoms with Crippen LogP contribution in [0.3, 0.4) is 0 Å². The highest BCUT2D eigenvalue weighted by Gasteiger charge is 2.43. The van der Waals surface area contributed by atoms with E-state index in [-0.39, 0.29) is 5.92 Å². The van der Waals surface area contributed by atoms with Gasteiger partial charge >= 0.3 is 0 Å². The monoisotopic (exact) mass is 343 g/mol. The number of likely N-dealkylation sites (tertiary alicyclic amines) is 2. The van der Waals surface area contributed by atoms with Crippen LogP contribution in [0.15, 0.2) is 24.4 Å². The van der Waals surface area contributed by atoms with Gasteiger partial charge in [0.2, 0.25) is 5.91 Å². The summed E-state index contributed by atoms with van der Waals surface area (Å²) in [6.07, 6.45) is 7.30. The maximum absolute atomic E-state index is 12.8. The van der Waals surface area contributed by atoms with Crippen LogP contribution in [0.4, 0.5) is 0 Å². The molecule has 3 aliphatic heterocycles. The molecule has 1 atom stereocenters. The van der Waals surface area contributed by atoms with E-state index in [1.165, 1.54) is 12.8 Å². The number of nitrogens with zero attached hydrogens (tertiary/aromatic N) is 3. The molecule has 5 heteroatoms. The summed E-state index contributed by atoms with van der Waals surface area (Å²) in [5, 5.41) is 0. The second kappa shape index (κ2) is 7.42. The first-order valence-corrected chi connectivity index (χ1v) is 9.73. The highest BCUT2D eigenvalue weighted by atomic mass is 16.5. The van der Waals surface area contributed by atoms with Crippen molar-refractivity contribution in [1.82, 2.24) is 14.8 Å². The van der Waals surface area contributed by atoms with Crippen LogP contribution in [0.1, 0.15) is 37.8 Å². The van der Waals surface area contributed by atoms with Crippen LogP contribution in [0.2, 0.25) is 0 Å². The van der Waals surface area contributed by atoms with Crippen LogP contribution >= 0.6 is 0 Å². The van der Waals surface area contributed by atoms with Gasteiger partial charge in [-0.25, -0.2) is 0 Å². The van der Waals surface area contributed by atoms with Gasteiger partial charge in [-0.15, -0.1) is 0 Å². The summed E-state index contributed by atoms with van der Waals surface area (Å²) >= 11 is 0. The van der Waals surface area contributed by atoms with Crippen molar-refractivity contribution in [3.63, 3.8) is 0 Å². The molecule has 4 rings (SSSR count). The Hall–Kier alpha value is -1.46. The number of piperidine rings is 1. The molecule has 1 aromatic heterocycles. The van der Waals surface area contributed by atoms with E-state index in [0.29, 0.717) is 11.3 Å². The summed E-state index contributed by atoms with van der Waals surface area (Å²) in [5.41, 5.74) is 1.45. The number of amides is 1. The zero-order chi connectivity index (χ0) is 17.1. The van der Waals surface area contributed by atoms with Crippen LogP contribution in [-0.2, 0) is 16.1 Å². The lowest BCUT2D eigenvalue weighted by Gasteiger charge is -2.40. The molecule has 136 valence electrons. The summed E-state index contributed by atoms with van der Waals surface area (Å²) in [4.78, 5) is 22.0. The van der Waals surface area contributed by atoms with E-state index in [0.717, 1.165) is 70.9 Å². The molecule has 3 aliphatic rings. The number of pyridine rings is 1. The van der Waals surface area contributed by atoms with Gasteiger partial charge in [0.1, 0.15) is 0 Å². The zero-order valence-corrected chi connectivity index (χ0v) is 15.0. The number of hydrogen-bond acceptors (Lipinski definition) is 4. The van der Waals surface area contributed by atoms with Crippen molar-refractivity contribution in [2.45, 2.75) is 38.6 Å². The largest absolute Gasteiger partial charge is 0.381 e. The first-order chi connectivity index (χ1) is 12.2. The smallest absolute Gasteiger partial charge is 0.225 e. The third-order valence-corrected chi connectivity index (χ3v) is 6.17. The van der Waals surface area contributed by atoms with Crippen molar-refractivity contribution in [1.29, 1.82) is 0 Å². The fourth-order valence-electron chi connectivity index (χ4n) is 4.82. The van der Waals surface area contributed by atoms with E-state index in [2.05, 4.69) is 26.9 Å². The van der Waals surface area contributed by atoms with Gasteiger partial charge in [0.25, 0.3) is 0 Å². The number of hydrogen-bond donors (Lipinski definition) is 0. The minimum atomic E-state index is 0.192. The molecule has 0 aliphatic carbocycles. The summed E-state index contributed by atoms with van der Waals surface area (Å²) < 4.78 is 5.41. The van der Waals surface area contributed by atoms with E-state index in [4.69, 9.17) is 4.74 Å². The van der Waals surface area contributed by atoms with Crippen LogP contribution in [0.25, 0.3) is 0 Å². The van der Waals surface area contributed by atoms with Crippen LogP contribution < -0.4 is 0 Å². The van der Waals surface area contributed by atoms with Crippen molar-refractivity contribution in [2.75, 3.05) is 39.4 Å². The molecule has 0 N–H and O–H groups in total. The van der Waals surface area contributed by atoms with Gasteiger partial charge in [-0.1, -0.05) is 6.07 Å². The number of ether oxygens (including phenoxy) is 1. The third kappa shape index (κ3) is 3.87. The predicted octanol–water partition coefficient (Wildman–Crippen LogP) is 2.32. The number of aromatic nitrogens is 1. The van der Waals surface area contributed by atoms with E-state index >= 15 is 0 Å². The van der Waals surface area contributed by atoms with Crippen LogP contribution in [0.5, 0.6) is 0 Å². The standard InChI is InChI=1S/C20H29N3O2/c24-19(17-5-12-25-13-6-17)23-11-8-20(16-23)7-3-10-22(15-20)14-18-4-1-2-9-21-18/h1-2,4,9,17H,3,5-8,10-16H2. The Labute approximate surface area is 150 Å². The SMILES string of the molecule is O=C(C1CCOCC1)N1CCC2(CCCN(Cc3ccccn3)C2)C1. The fourth-order valence-corrected chi connectivity index (χ4v) is 4.82. The lowest BCUT2D eigenvalue weighted by atomic mass is 9.79. The van der Waals surface area contributed by atoms with Crippen molar-refractivity contribution < 1.29 is 9.53 Å². The van der Waals surface area contributed by atoms with Crippen LogP contribution in [0, 0.1) is 11.3 Å². The summed E-state index contributed by atoms with van der Waals surface area (Å²) in [5.74, 6) is 0.569. The molecule has 1 unspecified atom stereocenters. The van der Waals surface area contributed by atoms with Gasteiger partial charge < -0.3 is 9.64 Å². The zero-order valence-electron chi connectivity index (χ0n) is 15.0. The van der Waals surface area contributed by atoms with Gasteiger partial charge in [-0.3, -0.25) is 14.7 Å². The maximum atomic E-state index is 12.8. The molecule has 4 heterocycles. The highest BCUT2D eigenvalue weighted by molar-refractivity contribution is 5.79. The maximum Gasteiger partial charge on any atom is 0.225 e. The molecule has 1 spiro atoms. The van der Waals surface area contributed by atoms with Gasteiger partial charge in [0.05, 0.1) is 5.69 Å². The molecule has 0 radical (unpaired) electrons. The Kier molecular flexibility index (Phi) is 5.04. The van der Waals surface area contributed by atoms with Crippen molar-refractivity contribution in [3.05, 3.63) is 30.1 Å². The minimum absolute atomic E-state index is 0.192. The molecular formula is C20H29N3O2. The highest BCUT2D eigenvalue weighted by Crippen LogP contribution is 2.40. The lowest BCUT2D eigenvalue weighted by Crippen LogP contribution is -2.46. The molecular weight excluding hydrogens is 314 g/mol. The Morgan fingerprint density at radius 2 is 2.08 bits per heavy atom. The van der Waals surface area contributed by atoms with Gasteiger partial charge in [0, 0.05) is 56.9 Å². The Bertz CT molecular complexity index is 588. The molecule has 25 heavy (non-hydrogen) atoms. The van der Waals surface area contributed by atoms with E-state index in [1.54, 1.807) is 0 Å². The molecule has 0 saturated carbocycles. The second-order valence-corrected chi connectivity index (χ2v) is 8.03. The molecule has 3 saturated heterocycles. The van der Waals surface area contributed by atoms with Crippen molar-refractivity contribution in [2.24, 2.45) is 11.3 Å². The molecule has 5 nitrogen and oxygen atoms in total. The number of rotatable bonds is 3. The summed E-state index contributed by atoms with van der Waals surface area (Å²) in [6, 6.07) is 6.14. The summed E-state index contributed by atoms with van der Waals surface area (Å²) in [7, 11) is 0. The molecule has 1 amide bonds. The van der Waals surface area contributed by atoms with Crippen molar-refractivity contribution in [3.8, 4) is 0 Å². The Balaban J connectivity index is 1.36. The number of carbonyl (C=O) groups is 1. The Morgan fingerprint density at radius 1 is 1.20 bits per heavy atom. The quantitative estimate of drug-likeness (QED) is 0.845. The third-order valence-electron chi connectivity index (χ3n) is 6.17. The Morgan fingerprint density at radius 3 is 2.88 bits per heavy atom. The fraction of sp³-hybridized carbons (Fsp3) is 0.700. The van der Waals surface area contributed by atoms with E-state index < -0.39 is 0 Å². The second-order valence-electron chi connectivity index (χ2n) is 8.03.